The number of hydrogen-bond acceptors (Lipinski definition) is 4. The van der Waals surface area contributed by atoms with Gasteiger partial charge in [0.25, 0.3) is 0 Å². The summed E-state index contributed by atoms with van der Waals surface area (Å²) in [4.78, 5) is 0. The average molecular weight is 236 g/mol. The number of ether oxygens (including phenoxy) is 4. The smallest absolute Gasteiger partial charge is 0.165 e. The van der Waals surface area contributed by atoms with E-state index in [-0.39, 0.29) is 11.7 Å². The van der Waals surface area contributed by atoms with E-state index in [2.05, 4.69) is 0 Å². The van der Waals surface area contributed by atoms with Crippen LogP contribution in [0.5, 0.6) is 17.2 Å². The van der Waals surface area contributed by atoms with Crippen molar-refractivity contribution in [3.05, 3.63) is 18.2 Å². The molecule has 0 aromatic heterocycles. The quantitative estimate of drug-likeness (QED) is 0.753. The Morgan fingerprint density at radius 3 is 2.94 bits per heavy atom. The fourth-order valence-corrected chi connectivity index (χ4v) is 1.71. The molecule has 0 saturated carbocycles. The summed E-state index contributed by atoms with van der Waals surface area (Å²) >= 11 is 0. The number of epoxide rings is 1. The molecule has 1 unspecified atom stereocenters. The second-order valence-electron chi connectivity index (χ2n) is 5.03. The number of fused-ring (bicyclic) bond motifs is 1. The van der Waals surface area contributed by atoms with Crippen LogP contribution in [0.15, 0.2) is 18.2 Å². The van der Waals surface area contributed by atoms with E-state index in [1.807, 2.05) is 32.0 Å². The zero-order chi connectivity index (χ0) is 11.9. The SMILES string of the molecule is CC1(C)COc2cc(OCC3CO3)ccc2O1. The van der Waals surface area contributed by atoms with Crippen molar-refractivity contribution in [3.63, 3.8) is 0 Å². The van der Waals surface area contributed by atoms with E-state index in [1.165, 1.54) is 0 Å². The van der Waals surface area contributed by atoms with Crippen molar-refractivity contribution in [2.45, 2.75) is 25.6 Å². The topological polar surface area (TPSA) is 40.2 Å². The lowest BCUT2D eigenvalue weighted by Crippen LogP contribution is -2.38. The summed E-state index contributed by atoms with van der Waals surface area (Å²) in [6.07, 6.45) is 0.266. The lowest BCUT2D eigenvalue weighted by atomic mass is 10.1. The first-order valence-electron chi connectivity index (χ1n) is 5.83. The van der Waals surface area contributed by atoms with Crippen LogP contribution in [-0.2, 0) is 4.74 Å². The van der Waals surface area contributed by atoms with Crippen molar-refractivity contribution in [3.8, 4) is 17.2 Å². The number of benzene rings is 1. The molecule has 3 rings (SSSR count). The van der Waals surface area contributed by atoms with Crippen molar-refractivity contribution >= 4 is 0 Å². The molecule has 0 amide bonds. The third kappa shape index (κ3) is 2.47. The number of rotatable bonds is 3. The fraction of sp³-hybridized carbons (Fsp3) is 0.538. The summed E-state index contributed by atoms with van der Waals surface area (Å²) in [7, 11) is 0. The molecule has 0 aliphatic carbocycles. The molecular weight excluding hydrogens is 220 g/mol. The van der Waals surface area contributed by atoms with E-state index in [1.54, 1.807) is 0 Å². The van der Waals surface area contributed by atoms with Crippen molar-refractivity contribution in [1.29, 1.82) is 0 Å². The molecule has 4 nitrogen and oxygen atoms in total. The van der Waals surface area contributed by atoms with Crippen LogP contribution in [0.3, 0.4) is 0 Å². The predicted octanol–water partition coefficient (Wildman–Crippen LogP) is 2.01. The fourth-order valence-electron chi connectivity index (χ4n) is 1.71. The van der Waals surface area contributed by atoms with Gasteiger partial charge >= 0.3 is 0 Å². The standard InChI is InChI=1S/C13H16O4/c1-13(2)8-16-12-5-9(3-4-11(12)17-13)14-6-10-7-15-10/h3-5,10H,6-8H2,1-2H3. The van der Waals surface area contributed by atoms with Gasteiger partial charge in [0.15, 0.2) is 11.5 Å². The van der Waals surface area contributed by atoms with Gasteiger partial charge in [-0.15, -0.1) is 0 Å². The van der Waals surface area contributed by atoms with Crippen LogP contribution in [0.4, 0.5) is 0 Å². The molecule has 0 N–H and O–H groups in total. The molecule has 0 bridgehead atoms. The zero-order valence-electron chi connectivity index (χ0n) is 10.1. The Kier molecular flexibility index (Phi) is 2.40. The molecule has 17 heavy (non-hydrogen) atoms. The molecule has 2 heterocycles. The van der Waals surface area contributed by atoms with Gasteiger partial charge in [0.2, 0.25) is 0 Å². The Labute approximate surface area is 100 Å². The molecule has 4 heteroatoms. The lowest BCUT2D eigenvalue weighted by Gasteiger charge is -2.32. The molecule has 1 fully saturated rings. The number of hydrogen-bond donors (Lipinski definition) is 0. The van der Waals surface area contributed by atoms with Crippen LogP contribution in [0, 0.1) is 0 Å². The van der Waals surface area contributed by atoms with E-state index in [0.29, 0.717) is 13.2 Å². The van der Waals surface area contributed by atoms with Crippen LogP contribution in [0.25, 0.3) is 0 Å². The van der Waals surface area contributed by atoms with Crippen molar-refractivity contribution in [2.24, 2.45) is 0 Å². The van der Waals surface area contributed by atoms with Gasteiger partial charge in [0, 0.05) is 6.07 Å². The van der Waals surface area contributed by atoms with Gasteiger partial charge in [-0.1, -0.05) is 0 Å². The minimum absolute atomic E-state index is 0.266. The van der Waals surface area contributed by atoms with Gasteiger partial charge < -0.3 is 18.9 Å². The zero-order valence-corrected chi connectivity index (χ0v) is 10.1. The van der Waals surface area contributed by atoms with E-state index in [0.717, 1.165) is 23.9 Å². The molecule has 1 aromatic rings. The highest BCUT2D eigenvalue weighted by atomic mass is 16.6. The van der Waals surface area contributed by atoms with Crippen molar-refractivity contribution in [2.75, 3.05) is 19.8 Å². The van der Waals surface area contributed by atoms with E-state index < -0.39 is 0 Å². The molecule has 1 saturated heterocycles. The Bertz CT molecular complexity index is 423. The van der Waals surface area contributed by atoms with Gasteiger partial charge in [-0.2, -0.15) is 0 Å². The maximum Gasteiger partial charge on any atom is 0.165 e. The Hall–Kier alpha value is -1.42. The van der Waals surface area contributed by atoms with E-state index >= 15 is 0 Å². The summed E-state index contributed by atoms with van der Waals surface area (Å²) in [6.45, 7) is 5.97. The van der Waals surface area contributed by atoms with E-state index in [9.17, 15) is 0 Å². The first-order valence-corrected chi connectivity index (χ1v) is 5.83. The summed E-state index contributed by atoms with van der Waals surface area (Å²) < 4.78 is 22.1. The van der Waals surface area contributed by atoms with Gasteiger partial charge in [0.05, 0.1) is 6.61 Å². The van der Waals surface area contributed by atoms with Gasteiger partial charge in [-0.05, 0) is 26.0 Å². The van der Waals surface area contributed by atoms with E-state index in [4.69, 9.17) is 18.9 Å². The largest absolute Gasteiger partial charge is 0.491 e. The second-order valence-corrected chi connectivity index (χ2v) is 5.03. The molecular formula is C13H16O4. The van der Waals surface area contributed by atoms with Crippen LogP contribution in [0.2, 0.25) is 0 Å². The molecule has 2 aliphatic heterocycles. The normalized spacial score (nSPS) is 24.2. The Morgan fingerprint density at radius 2 is 2.18 bits per heavy atom. The van der Waals surface area contributed by atoms with Crippen LogP contribution in [0.1, 0.15) is 13.8 Å². The molecule has 92 valence electrons. The molecule has 1 aromatic carbocycles. The minimum atomic E-state index is -0.267. The van der Waals surface area contributed by atoms with Gasteiger partial charge in [-0.25, -0.2) is 0 Å². The summed E-state index contributed by atoms with van der Waals surface area (Å²) in [6, 6.07) is 5.65. The minimum Gasteiger partial charge on any atom is -0.491 e. The molecule has 2 aliphatic rings. The summed E-state index contributed by atoms with van der Waals surface area (Å²) in [5.74, 6) is 2.32. The highest BCUT2D eigenvalue weighted by Crippen LogP contribution is 2.37. The predicted molar refractivity (Wildman–Crippen MR) is 61.9 cm³/mol. The first kappa shape index (κ1) is 10.7. The third-order valence-electron chi connectivity index (χ3n) is 2.71. The molecule has 0 radical (unpaired) electrons. The molecule has 1 atom stereocenters. The second kappa shape index (κ2) is 3.81. The van der Waals surface area contributed by atoms with Crippen LogP contribution < -0.4 is 14.2 Å². The maximum absolute atomic E-state index is 5.81. The summed E-state index contributed by atoms with van der Waals surface area (Å²) in [5, 5.41) is 0. The third-order valence-corrected chi connectivity index (χ3v) is 2.71. The molecule has 0 spiro atoms. The average Bonchev–Trinajstić information content (AvgIpc) is 3.09. The summed E-state index contributed by atoms with van der Waals surface area (Å²) in [5.41, 5.74) is -0.267. The lowest BCUT2D eigenvalue weighted by molar-refractivity contribution is 0.0210. The first-order chi connectivity index (χ1) is 8.12. The maximum atomic E-state index is 5.81. The van der Waals surface area contributed by atoms with Gasteiger partial charge in [-0.3, -0.25) is 0 Å². The van der Waals surface area contributed by atoms with Crippen molar-refractivity contribution in [1.82, 2.24) is 0 Å². The highest BCUT2D eigenvalue weighted by molar-refractivity contribution is 5.46. The van der Waals surface area contributed by atoms with Crippen LogP contribution in [-0.4, -0.2) is 31.5 Å². The monoisotopic (exact) mass is 236 g/mol. The van der Waals surface area contributed by atoms with Crippen molar-refractivity contribution < 1.29 is 18.9 Å². The Balaban J connectivity index is 1.72. The van der Waals surface area contributed by atoms with Crippen LogP contribution >= 0.6 is 0 Å². The highest BCUT2D eigenvalue weighted by Gasteiger charge is 2.28. The van der Waals surface area contributed by atoms with Gasteiger partial charge in [0.1, 0.15) is 30.7 Å². The Morgan fingerprint density at radius 1 is 1.35 bits per heavy atom.